The maximum Gasteiger partial charge on any atom is 0.161 e. The second-order valence-electron chi connectivity index (χ2n) is 5.68. The Morgan fingerprint density at radius 1 is 1.48 bits per heavy atom. The van der Waals surface area contributed by atoms with E-state index in [0.717, 1.165) is 26.0 Å². The van der Waals surface area contributed by atoms with Crippen LogP contribution in [0.15, 0.2) is 18.2 Å². The van der Waals surface area contributed by atoms with Crippen LogP contribution in [0.3, 0.4) is 0 Å². The lowest BCUT2D eigenvalue weighted by atomic mass is 10.1. The molecule has 0 bridgehead atoms. The third-order valence-corrected chi connectivity index (χ3v) is 3.78. The molecule has 128 valence electrons. The van der Waals surface area contributed by atoms with Gasteiger partial charge < -0.3 is 24.6 Å². The molecule has 23 heavy (non-hydrogen) atoms. The van der Waals surface area contributed by atoms with E-state index >= 15 is 0 Å². The number of hydrogen-bond acceptors (Lipinski definition) is 6. The number of hydrogen-bond donors (Lipinski definition) is 2. The molecule has 0 amide bonds. The van der Waals surface area contributed by atoms with E-state index in [9.17, 15) is 9.90 Å². The normalized spacial score (nSPS) is 18.7. The lowest BCUT2D eigenvalue weighted by Gasteiger charge is -2.16. The highest BCUT2D eigenvalue weighted by Crippen LogP contribution is 2.28. The number of benzene rings is 1. The van der Waals surface area contributed by atoms with Crippen molar-refractivity contribution < 1.29 is 24.1 Å². The van der Waals surface area contributed by atoms with Crippen LogP contribution < -0.4 is 14.8 Å². The Morgan fingerprint density at radius 3 is 2.96 bits per heavy atom. The van der Waals surface area contributed by atoms with E-state index in [0.29, 0.717) is 23.6 Å². The van der Waals surface area contributed by atoms with Crippen molar-refractivity contribution in [3.63, 3.8) is 0 Å². The monoisotopic (exact) mass is 323 g/mol. The lowest BCUT2D eigenvalue weighted by molar-refractivity contribution is 0.0873. The minimum absolute atomic E-state index is 0.0341. The fourth-order valence-corrected chi connectivity index (χ4v) is 2.47. The summed E-state index contributed by atoms with van der Waals surface area (Å²) in [4.78, 5) is 11.4. The number of Topliss-reactive ketones (excluding diaryl/α,β-unsaturated/α-hetero) is 1. The van der Waals surface area contributed by atoms with Crippen molar-refractivity contribution in [1.29, 1.82) is 0 Å². The van der Waals surface area contributed by atoms with Crippen molar-refractivity contribution in [2.24, 2.45) is 0 Å². The molecule has 2 N–H and O–H groups in total. The number of aliphatic hydroxyl groups is 1. The van der Waals surface area contributed by atoms with Crippen molar-refractivity contribution >= 4 is 5.78 Å². The first-order chi connectivity index (χ1) is 11.1. The Kier molecular flexibility index (Phi) is 6.83. The first-order valence-electron chi connectivity index (χ1n) is 7.92. The van der Waals surface area contributed by atoms with Gasteiger partial charge in [-0.2, -0.15) is 0 Å². The molecule has 6 heteroatoms. The molecule has 1 aromatic carbocycles. The minimum atomic E-state index is -0.631. The summed E-state index contributed by atoms with van der Waals surface area (Å²) in [6.45, 7) is 3.66. The first-order valence-corrected chi connectivity index (χ1v) is 7.92. The number of ether oxygens (including phenoxy) is 3. The molecule has 1 aromatic rings. The Balaban J connectivity index is 1.76. The van der Waals surface area contributed by atoms with Gasteiger partial charge in [-0.25, -0.2) is 0 Å². The van der Waals surface area contributed by atoms with Crippen molar-refractivity contribution in [3.8, 4) is 11.5 Å². The van der Waals surface area contributed by atoms with Gasteiger partial charge in [0.2, 0.25) is 0 Å². The summed E-state index contributed by atoms with van der Waals surface area (Å²) in [5.41, 5.74) is 0.563. The Labute approximate surface area is 136 Å². The van der Waals surface area contributed by atoms with E-state index in [4.69, 9.17) is 14.2 Å². The van der Waals surface area contributed by atoms with Crippen LogP contribution in [0.2, 0.25) is 0 Å². The smallest absolute Gasteiger partial charge is 0.161 e. The number of ketones is 1. The molecule has 6 nitrogen and oxygen atoms in total. The predicted molar refractivity (Wildman–Crippen MR) is 86.3 cm³/mol. The molecule has 1 heterocycles. The third kappa shape index (κ3) is 5.49. The lowest BCUT2D eigenvalue weighted by Crippen LogP contribution is -2.35. The summed E-state index contributed by atoms with van der Waals surface area (Å²) in [5, 5.41) is 13.2. The van der Waals surface area contributed by atoms with Crippen LogP contribution in [-0.4, -0.2) is 56.5 Å². The Bertz CT molecular complexity index is 514. The van der Waals surface area contributed by atoms with Gasteiger partial charge in [0, 0.05) is 25.3 Å². The van der Waals surface area contributed by atoms with Gasteiger partial charge in [0.25, 0.3) is 0 Å². The van der Waals surface area contributed by atoms with Crippen LogP contribution in [-0.2, 0) is 4.74 Å². The molecule has 2 atom stereocenters. The van der Waals surface area contributed by atoms with Gasteiger partial charge in [-0.15, -0.1) is 0 Å². The SMILES string of the molecule is COc1cc(C(C)=O)ccc1OC[C@@H](O)CNC[C@H]1CCCO1. The minimum Gasteiger partial charge on any atom is -0.493 e. The maximum atomic E-state index is 11.4. The summed E-state index contributed by atoms with van der Waals surface area (Å²) in [6, 6.07) is 5.00. The van der Waals surface area contributed by atoms with Gasteiger partial charge in [0.15, 0.2) is 17.3 Å². The number of carbonyl (C=O) groups is 1. The zero-order valence-corrected chi connectivity index (χ0v) is 13.7. The second-order valence-corrected chi connectivity index (χ2v) is 5.68. The molecular formula is C17H25NO5. The van der Waals surface area contributed by atoms with E-state index in [1.807, 2.05) is 0 Å². The van der Waals surface area contributed by atoms with Gasteiger partial charge in [-0.1, -0.05) is 0 Å². The maximum absolute atomic E-state index is 11.4. The third-order valence-electron chi connectivity index (χ3n) is 3.78. The average molecular weight is 323 g/mol. The second kappa shape index (κ2) is 8.86. The number of rotatable bonds is 9. The van der Waals surface area contributed by atoms with E-state index in [1.54, 1.807) is 18.2 Å². The van der Waals surface area contributed by atoms with Crippen molar-refractivity contribution in [3.05, 3.63) is 23.8 Å². The quantitative estimate of drug-likeness (QED) is 0.669. The molecule has 1 saturated heterocycles. The highest BCUT2D eigenvalue weighted by molar-refractivity contribution is 5.94. The molecule has 2 rings (SSSR count). The van der Waals surface area contributed by atoms with Crippen molar-refractivity contribution in [2.45, 2.75) is 32.0 Å². The molecule has 0 unspecified atom stereocenters. The topological polar surface area (TPSA) is 77.0 Å². The number of carbonyl (C=O) groups excluding carboxylic acids is 1. The van der Waals surface area contributed by atoms with E-state index in [1.165, 1.54) is 14.0 Å². The summed E-state index contributed by atoms with van der Waals surface area (Å²) >= 11 is 0. The largest absolute Gasteiger partial charge is 0.493 e. The predicted octanol–water partition coefficient (Wildman–Crippen LogP) is 1.41. The number of nitrogens with one attached hydrogen (secondary N) is 1. The molecule has 0 aliphatic carbocycles. The Morgan fingerprint density at radius 2 is 2.30 bits per heavy atom. The van der Waals surface area contributed by atoms with Crippen molar-refractivity contribution in [1.82, 2.24) is 5.32 Å². The first kappa shape index (κ1) is 17.7. The summed E-state index contributed by atoms with van der Waals surface area (Å²) in [6.07, 6.45) is 1.80. The fraction of sp³-hybridized carbons (Fsp3) is 0.588. The van der Waals surface area contributed by atoms with Crippen LogP contribution in [0.25, 0.3) is 0 Å². The zero-order valence-electron chi connectivity index (χ0n) is 13.7. The Hall–Kier alpha value is -1.63. The molecule has 0 spiro atoms. The molecule has 0 radical (unpaired) electrons. The van der Waals surface area contributed by atoms with E-state index in [2.05, 4.69) is 5.32 Å². The summed E-state index contributed by atoms with van der Waals surface area (Å²) in [7, 11) is 1.52. The highest BCUT2D eigenvalue weighted by atomic mass is 16.5. The summed E-state index contributed by atoms with van der Waals surface area (Å²) in [5.74, 6) is 0.959. The summed E-state index contributed by atoms with van der Waals surface area (Å²) < 4.78 is 16.3. The van der Waals surface area contributed by atoms with Crippen LogP contribution in [0.4, 0.5) is 0 Å². The van der Waals surface area contributed by atoms with Crippen LogP contribution in [0.5, 0.6) is 11.5 Å². The van der Waals surface area contributed by atoms with Gasteiger partial charge in [-0.3, -0.25) is 4.79 Å². The molecule has 0 aromatic heterocycles. The number of methoxy groups -OCH3 is 1. The van der Waals surface area contributed by atoms with Gasteiger partial charge in [-0.05, 0) is 38.0 Å². The van der Waals surface area contributed by atoms with E-state index < -0.39 is 6.10 Å². The molecule has 0 saturated carbocycles. The molecular weight excluding hydrogens is 298 g/mol. The zero-order chi connectivity index (χ0) is 16.7. The standard InChI is InChI=1S/C17H25NO5/c1-12(19)13-5-6-16(17(8-13)21-2)23-11-14(20)9-18-10-15-4-3-7-22-15/h5-6,8,14-15,18,20H,3-4,7,9-11H2,1-2H3/t14-,15+/m0/s1. The average Bonchev–Trinajstić information content (AvgIpc) is 3.06. The van der Waals surface area contributed by atoms with Crippen LogP contribution >= 0.6 is 0 Å². The van der Waals surface area contributed by atoms with Gasteiger partial charge in [0.05, 0.1) is 13.2 Å². The van der Waals surface area contributed by atoms with Crippen molar-refractivity contribution in [2.75, 3.05) is 33.4 Å². The van der Waals surface area contributed by atoms with Crippen LogP contribution in [0, 0.1) is 0 Å². The molecule has 1 fully saturated rings. The van der Waals surface area contributed by atoms with Gasteiger partial charge >= 0.3 is 0 Å². The van der Waals surface area contributed by atoms with Crippen LogP contribution in [0.1, 0.15) is 30.1 Å². The molecule has 1 aliphatic rings. The van der Waals surface area contributed by atoms with Gasteiger partial charge in [0.1, 0.15) is 12.7 Å². The van der Waals surface area contributed by atoms with E-state index in [-0.39, 0.29) is 18.5 Å². The highest BCUT2D eigenvalue weighted by Gasteiger charge is 2.16. The molecule has 1 aliphatic heterocycles. The fourth-order valence-electron chi connectivity index (χ4n) is 2.47. The number of aliphatic hydroxyl groups excluding tert-OH is 1.